The summed E-state index contributed by atoms with van der Waals surface area (Å²) in [6.07, 6.45) is 4.83. The normalized spacial score (nSPS) is 14.7. The Balaban J connectivity index is 1.46. The molecule has 0 saturated heterocycles. The van der Waals surface area contributed by atoms with Crippen molar-refractivity contribution >= 4 is 34.4 Å². The lowest BCUT2D eigenvalue weighted by molar-refractivity contribution is 0.591. The lowest BCUT2D eigenvalue weighted by Gasteiger charge is -2.05. The van der Waals surface area contributed by atoms with E-state index >= 15 is 0 Å². The molecule has 0 saturated carbocycles. The van der Waals surface area contributed by atoms with Crippen LogP contribution in [0.4, 0.5) is 0 Å². The van der Waals surface area contributed by atoms with Crippen LogP contribution < -0.4 is 0 Å². The Hall–Kier alpha value is -1.18. The number of rotatable bonds is 4. The molecule has 4 rings (SSSR count). The number of hydrogen-bond donors (Lipinski definition) is 0. The first-order valence-electron chi connectivity index (χ1n) is 7.43. The standard InChI is InChI=1S/C15H16N4S3/c1-2-6-13-17-18-15(19(13)7-3-1)22-10-11-9-21-14(16-11)12-5-4-8-20-12/h4-5,8-9H,1-3,6-7,10H2. The fourth-order valence-electron chi connectivity index (χ4n) is 2.59. The van der Waals surface area contributed by atoms with Gasteiger partial charge in [0.1, 0.15) is 10.8 Å². The molecule has 0 amide bonds. The van der Waals surface area contributed by atoms with Gasteiger partial charge in [0.05, 0.1) is 10.6 Å². The molecule has 3 aromatic rings. The zero-order valence-electron chi connectivity index (χ0n) is 12.1. The maximum absolute atomic E-state index is 4.73. The molecule has 0 aliphatic carbocycles. The van der Waals surface area contributed by atoms with E-state index in [1.165, 1.54) is 24.1 Å². The predicted octanol–water partition coefficient (Wildman–Crippen LogP) is 4.48. The number of aromatic nitrogens is 4. The maximum Gasteiger partial charge on any atom is 0.191 e. The van der Waals surface area contributed by atoms with E-state index in [0.717, 1.165) is 40.4 Å². The average molecular weight is 349 g/mol. The van der Waals surface area contributed by atoms with Crippen molar-refractivity contribution in [3.05, 3.63) is 34.4 Å². The summed E-state index contributed by atoms with van der Waals surface area (Å²) >= 11 is 5.21. The van der Waals surface area contributed by atoms with Crippen molar-refractivity contribution in [3.8, 4) is 9.88 Å². The highest BCUT2D eigenvalue weighted by Crippen LogP contribution is 2.30. The van der Waals surface area contributed by atoms with Crippen molar-refractivity contribution in [1.29, 1.82) is 0 Å². The van der Waals surface area contributed by atoms with E-state index in [4.69, 9.17) is 4.98 Å². The summed E-state index contributed by atoms with van der Waals surface area (Å²) in [5, 5.41) is 15.1. The van der Waals surface area contributed by atoms with Gasteiger partial charge in [-0.3, -0.25) is 0 Å². The molecule has 1 aliphatic rings. The second kappa shape index (κ2) is 6.52. The molecule has 0 spiro atoms. The van der Waals surface area contributed by atoms with E-state index in [0.29, 0.717) is 0 Å². The van der Waals surface area contributed by atoms with E-state index in [9.17, 15) is 0 Å². The molecule has 0 bridgehead atoms. The second-order valence-electron chi connectivity index (χ2n) is 5.27. The van der Waals surface area contributed by atoms with Crippen LogP contribution in [0.5, 0.6) is 0 Å². The number of aryl methyl sites for hydroxylation is 1. The van der Waals surface area contributed by atoms with Crippen LogP contribution in [0.15, 0.2) is 28.0 Å². The minimum Gasteiger partial charge on any atom is -0.306 e. The lowest BCUT2D eigenvalue weighted by Crippen LogP contribution is -2.02. The third kappa shape index (κ3) is 2.98. The zero-order chi connectivity index (χ0) is 14.8. The van der Waals surface area contributed by atoms with Gasteiger partial charge in [0, 0.05) is 24.1 Å². The molecule has 7 heteroatoms. The molecule has 4 heterocycles. The maximum atomic E-state index is 4.73. The second-order valence-corrected chi connectivity index (χ2v) is 8.02. The van der Waals surface area contributed by atoms with E-state index < -0.39 is 0 Å². The van der Waals surface area contributed by atoms with Gasteiger partial charge in [-0.2, -0.15) is 0 Å². The van der Waals surface area contributed by atoms with Crippen molar-refractivity contribution in [2.75, 3.05) is 0 Å². The Bertz CT molecular complexity index is 745. The van der Waals surface area contributed by atoms with Gasteiger partial charge in [-0.05, 0) is 24.3 Å². The smallest absolute Gasteiger partial charge is 0.191 e. The van der Waals surface area contributed by atoms with E-state index in [-0.39, 0.29) is 0 Å². The Labute approximate surface area is 141 Å². The molecule has 0 radical (unpaired) electrons. The summed E-state index contributed by atoms with van der Waals surface area (Å²) in [5.41, 5.74) is 1.13. The van der Waals surface area contributed by atoms with Crippen molar-refractivity contribution in [2.45, 2.75) is 43.1 Å². The number of hydrogen-bond acceptors (Lipinski definition) is 6. The Morgan fingerprint density at radius 3 is 3.09 bits per heavy atom. The SMILES string of the molecule is c1csc(-c2nc(CSc3nnc4n3CCCCC4)cs2)c1. The van der Waals surface area contributed by atoms with Crippen molar-refractivity contribution in [1.82, 2.24) is 19.7 Å². The molecule has 22 heavy (non-hydrogen) atoms. The van der Waals surface area contributed by atoms with E-state index in [1.807, 2.05) is 0 Å². The summed E-state index contributed by atoms with van der Waals surface area (Å²) < 4.78 is 2.30. The van der Waals surface area contributed by atoms with Crippen LogP contribution >= 0.6 is 34.4 Å². The molecule has 4 nitrogen and oxygen atoms in total. The monoisotopic (exact) mass is 348 g/mol. The van der Waals surface area contributed by atoms with Crippen LogP contribution in [0.25, 0.3) is 9.88 Å². The highest BCUT2D eigenvalue weighted by atomic mass is 32.2. The quantitative estimate of drug-likeness (QED) is 0.652. The Morgan fingerprint density at radius 1 is 1.18 bits per heavy atom. The first-order chi connectivity index (χ1) is 10.9. The molecule has 0 atom stereocenters. The number of thioether (sulfide) groups is 1. The van der Waals surface area contributed by atoms with Gasteiger partial charge < -0.3 is 4.57 Å². The molecule has 0 N–H and O–H groups in total. The third-order valence-electron chi connectivity index (χ3n) is 3.71. The Kier molecular flexibility index (Phi) is 4.27. The number of nitrogens with zero attached hydrogens (tertiary/aromatic N) is 4. The molecular weight excluding hydrogens is 332 g/mol. The first-order valence-corrected chi connectivity index (χ1v) is 10.2. The number of thiazole rings is 1. The van der Waals surface area contributed by atoms with Crippen LogP contribution in [0.3, 0.4) is 0 Å². The lowest BCUT2D eigenvalue weighted by atomic mass is 10.2. The zero-order valence-corrected chi connectivity index (χ0v) is 14.5. The van der Waals surface area contributed by atoms with Gasteiger partial charge >= 0.3 is 0 Å². The minimum absolute atomic E-state index is 0.861. The summed E-state index contributed by atoms with van der Waals surface area (Å²) in [6, 6.07) is 4.19. The summed E-state index contributed by atoms with van der Waals surface area (Å²) in [7, 11) is 0. The average Bonchev–Trinajstić information content (AvgIpc) is 3.24. The predicted molar refractivity (Wildman–Crippen MR) is 92.6 cm³/mol. The highest BCUT2D eigenvalue weighted by molar-refractivity contribution is 7.98. The van der Waals surface area contributed by atoms with Gasteiger partial charge in [0.2, 0.25) is 0 Å². The van der Waals surface area contributed by atoms with E-state index in [2.05, 4.69) is 37.7 Å². The van der Waals surface area contributed by atoms with Crippen molar-refractivity contribution < 1.29 is 0 Å². The van der Waals surface area contributed by atoms with Gasteiger partial charge in [-0.15, -0.1) is 32.9 Å². The molecule has 114 valence electrons. The van der Waals surface area contributed by atoms with Gasteiger partial charge in [0.15, 0.2) is 5.16 Å². The molecule has 1 aliphatic heterocycles. The van der Waals surface area contributed by atoms with Crippen LogP contribution in [0.2, 0.25) is 0 Å². The van der Waals surface area contributed by atoms with Crippen LogP contribution in [-0.4, -0.2) is 19.7 Å². The van der Waals surface area contributed by atoms with Gasteiger partial charge in [-0.25, -0.2) is 4.98 Å². The van der Waals surface area contributed by atoms with Crippen LogP contribution in [0, 0.1) is 0 Å². The van der Waals surface area contributed by atoms with Crippen molar-refractivity contribution in [2.24, 2.45) is 0 Å². The molecular formula is C15H16N4S3. The van der Waals surface area contributed by atoms with Gasteiger partial charge in [0.25, 0.3) is 0 Å². The van der Waals surface area contributed by atoms with Crippen LogP contribution in [0.1, 0.15) is 30.8 Å². The fraction of sp³-hybridized carbons (Fsp3) is 0.400. The van der Waals surface area contributed by atoms with Crippen LogP contribution in [-0.2, 0) is 18.7 Å². The molecule has 0 unspecified atom stereocenters. The summed E-state index contributed by atoms with van der Waals surface area (Å²) in [5.74, 6) is 2.01. The Morgan fingerprint density at radius 2 is 2.18 bits per heavy atom. The number of thiophene rings is 1. The topological polar surface area (TPSA) is 43.6 Å². The molecule has 3 aromatic heterocycles. The highest BCUT2D eigenvalue weighted by Gasteiger charge is 2.15. The largest absolute Gasteiger partial charge is 0.306 e. The number of fused-ring (bicyclic) bond motifs is 1. The fourth-order valence-corrected chi connectivity index (χ4v) is 5.21. The summed E-state index contributed by atoms with van der Waals surface area (Å²) in [4.78, 5) is 5.98. The minimum atomic E-state index is 0.861. The third-order valence-corrected chi connectivity index (χ3v) is 6.64. The van der Waals surface area contributed by atoms with Gasteiger partial charge in [-0.1, -0.05) is 24.2 Å². The van der Waals surface area contributed by atoms with Crippen molar-refractivity contribution in [3.63, 3.8) is 0 Å². The molecule has 0 aromatic carbocycles. The summed E-state index contributed by atoms with van der Waals surface area (Å²) in [6.45, 7) is 1.06. The van der Waals surface area contributed by atoms with E-state index in [1.54, 1.807) is 34.4 Å². The molecule has 0 fully saturated rings. The first kappa shape index (κ1) is 14.4.